The van der Waals surface area contributed by atoms with E-state index in [2.05, 4.69) is 22.1 Å². The van der Waals surface area contributed by atoms with Gasteiger partial charge in [-0.3, -0.25) is 9.69 Å². The minimum Gasteiger partial charge on any atom is -0.471 e. The molecule has 7 heteroatoms. The van der Waals surface area contributed by atoms with Gasteiger partial charge in [0, 0.05) is 43.9 Å². The first-order valence-corrected chi connectivity index (χ1v) is 12.1. The van der Waals surface area contributed by atoms with Gasteiger partial charge in [0.2, 0.25) is 0 Å². The molecular weight excluding hydrogens is 460 g/mol. The van der Waals surface area contributed by atoms with Crippen LogP contribution in [0.4, 0.5) is 0 Å². The summed E-state index contributed by atoms with van der Waals surface area (Å²) in [6.07, 6.45) is 1.78. The molecule has 2 heterocycles. The van der Waals surface area contributed by atoms with Gasteiger partial charge < -0.3 is 9.64 Å². The van der Waals surface area contributed by atoms with Gasteiger partial charge in [-0.1, -0.05) is 66.2 Å². The Labute approximate surface area is 210 Å². The van der Waals surface area contributed by atoms with Crippen LogP contribution >= 0.6 is 11.6 Å². The summed E-state index contributed by atoms with van der Waals surface area (Å²) in [4.78, 5) is 17.2. The monoisotopic (exact) mass is 486 g/mol. The Balaban J connectivity index is 1.11. The zero-order valence-electron chi connectivity index (χ0n) is 19.4. The Morgan fingerprint density at radius 1 is 0.829 bits per heavy atom. The van der Waals surface area contributed by atoms with Gasteiger partial charge in [0.15, 0.2) is 12.4 Å². The van der Waals surface area contributed by atoms with Gasteiger partial charge in [0.1, 0.15) is 5.75 Å². The number of carbonyl (C=O) groups is 1. The number of benzene rings is 3. The van der Waals surface area contributed by atoms with Gasteiger partial charge in [0.25, 0.3) is 5.91 Å². The standard InChI is InChI=1S/C28H27ClN4O2/c29-25-10-6-22(7-11-25)20-31-16-18-32(19-17-31)28(34)27-14-15-33(30-27)21-35-26-12-8-24(9-13-26)23-4-2-1-3-5-23/h1-15H,16-21H2. The van der Waals surface area contributed by atoms with Crippen LogP contribution in [0.15, 0.2) is 91.1 Å². The van der Waals surface area contributed by atoms with Crippen molar-refractivity contribution in [2.24, 2.45) is 0 Å². The van der Waals surface area contributed by atoms with Crippen LogP contribution in [0.5, 0.6) is 5.75 Å². The Morgan fingerprint density at radius 3 is 2.23 bits per heavy atom. The highest BCUT2D eigenvalue weighted by Crippen LogP contribution is 2.22. The van der Waals surface area contributed by atoms with E-state index in [1.54, 1.807) is 16.9 Å². The number of aromatic nitrogens is 2. The SMILES string of the molecule is O=C(c1ccn(COc2ccc(-c3ccccc3)cc2)n1)N1CCN(Cc2ccc(Cl)cc2)CC1. The summed E-state index contributed by atoms with van der Waals surface area (Å²) in [5.41, 5.74) is 3.97. The largest absolute Gasteiger partial charge is 0.471 e. The zero-order chi connectivity index (χ0) is 24.0. The van der Waals surface area contributed by atoms with Crippen LogP contribution < -0.4 is 4.74 Å². The molecule has 0 atom stereocenters. The molecule has 1 aliphatic heterocycles. The topological polar surface area (TPSA) is 50.6 Å². The van der Waals surface area contributed by atoms with Crippen LogP contribution in [0.25, 0.3) is 11.1 Å². The number of carbonyl (C=O) groups excluding carboxylic acids is 1. The lowest BCUT2D eigenvalue weighted by Gasteiger charge is -2.34. The van der Waals surface area contributed by atoms with Crippen LogP contribution in [0.2, 0.25) is 5.02 Å². The van der Waals surface area contributed by atoms with Crippen LogP contribution in [-0.2, 0) is 13.3 Å². The first-order valence-electron chi connectivity index (χ1n) is 11.7. The van der Waals surface area contributed by atoms with Crippen molar-refractivity contribution in [1.82, 2.24) is 19.6 Å². The minimum absolute atomic E-state index is 0.0397. The number of hydrogen-bond donors (Lipinski definition) is 0. The lowest BCUT2D eigenvalue weighted by Crippen LogP contribution is -2.48. The molecule has 1 aliphatic rings. The number of amides is 1. The number of ether oxygens (including phenoxy) is 1. The van der Waals surface area contributed by atoms with Gasteiger partial charge in [-0.25, -0.2) is 4.68 Å². The maximum atomic E-state index is 12.9. The van der Waals surface area contributed by atoms with Gasteiger partial charge >= 0.3 is 0 Å². The first-order chi connectivity index (χ1) is 17.1. The second kappa shape index (κ2) is 10.8. The predicted octanol–water partition coefficient (Wildman–Crippen LogP) is 5.20. The van der Waals surface area contributed by atoms with Crippen molar-refractivity contribution in [1.29, 1.82) is 0 Å². The molecule has 4 aromatic rings. The molecule has 0 bridgehead atoms. The molecule has 0 spiro atoms. The molecule has 6 nitrogen and oxygen atoms in total. The maximum Gasteiger partial charge on any atom is 0.274 e. The lowest BCUT2D eigenvalue weighted by atomic mass is 10.1. The second-order valence-electron chi connectivity index (χ2n) is 8.60. The smallest absolute Gasteiger partial charge is 0.274 e. The minimum atomic E-state index is -0.0397. The Morgan fingerprint density at radius 2 is 1.51 bits per heavy atom. The molecule has 3 aromatic carbocycles. The molecule has 0 aliphatic carbocycles. The second-order valence-corrected chi connectivity index (χ2v) is 9.04. The van der Waals surface area contributed by atoms with Crippen LogP contribution in [0, 0.1) is 0 Å². The first kappa shape index (κ1) is 23.1. The molecule has 5 rings (SSSR count). The molecule has 35 heavy (non-hydrogen) atoms. The number of hydrogen-bond acceptors (Lipinski definition) is 4. The summed E-state index contributed by atoms with van der Waals surface area (Å²) in [6, 6.07) is 27.9. The highest BCUT2D eigenvalue weighted by molar-refractivity contribution is 6.30. The van der Waals surface area contributed by atoms with Gasteiger partial charge in [0.05, 0.1) is 0 Å². The summed E-state index contributed by atoms with van der Waals surface area (Å²) in [5.74, 6) is 0.715. The highest BCUT2D eigenvalue weighted by Gasteiger charge is 2.23. The Bertz CT molecular complexity index is 1250. The molecule has 1 saturated heterocycles. The lowest BCUT2D eigenvalue weighted by molar-refractivity contribution is 0.0621. The third-order valence-electron chi connectivity index (χ3n) is 6.16. The quantitative estimate of drug-likeness (QED) is 0.360. The van der Waals surface area contributed by atoms with E-state index in [0.717, 1.165) is 36.0 Å². The molecule has 0 saturated carbocycles. The summed E-state index contributed by atoms with van der Waals surface area (Å²) < 4.78 is 7.51. The molecule has 1 amide bonds. The van der Waals surface area contributed by atoms with Crippen molar-refractivity contribution >= 4 is 17.5 Å². The van der Waals surface area contributed by atoms with Crippen molar-refractivity contribution in [2.45, 2.75) is 13.3 Å². The van der Waals surface area contributed by atoms with Crippen molar-refractivity contribution in [3.05, 3.63) is 107 Å². The fourth-order valence-corrected chi connectivity index (χ4v) is 4.31. The summed E-state index contributed by atoms with van der Waals surface area (Å²) in [6.45, 7) is 4.13. The van der Waals surface area contributed by atoms with E-state index in [0.29, 0.717) is 18.8 Å². The van der Waals surface area contributed by atoms with Crippen molar-refractivity contribution in [2.75, 3.05) is 26.2 Å². The van der Waals surface area contributed by atoms with Gasteiger partial charge in [-0.2, -0.15) is 5.10 Å². The molecule has 0 unspecified atom stereocenters. The zero-order valence-corrected chi connectivity index (χ0v) is 20.1. The molecule has 0 radical (unpaired) electrons. The average molecular weight is 487 g/mol. The maximum absolute atomic E-state index is 12.9. The predicted molar refractivity (Wildman–Crippen MR) is 137 cm³/mol. The molecular formula is C28H27ClN4O2. The van der Waals surface area contributed by atoms with Crippen molar-refractivity contribution < 1.29 is 9.53 Å². The van der Waals surface area contributed by atoms with Crippen molar-refractivity contribution in [3.63, 3.8) is 0 Å². The third kappa shape index (κ3) is 5.91. The number of rotatable bonds is 7. The van der Waals surface area contributed by atoms with E-state index in [4.69, 9.17) is 16.3 Å². The van der Waals surface area contributed by atoms with E-state index in [1.807, 2.05) is 71.6 Å². The molecule has 0 N–H and O–H groups in total. The highest BCUT2D eigenvalue weighted by atomic mass is 35.5. The van der Waals surface area contributed by atoms with Crippen LogP contribution in [0.3, 0.4) is 0 Å². The summed E-state index contributed by atoms with van der Waals surface area (Å²) in [7, 11) is 0. The van der Waals surface area contributed by atoms with Crippen LogP contribution in [-0.4, -0.2) is 51.7 Å². The molecule has 1 aromatic heterocycles. The van der Waals surface area contributed by atoms with E-state index >= 15 is 0 Å². The van der Waals surface area contributed by atoms with E-state index < -0.39 is 0 Å². The van der Waals surface area contributed by atoms with Crippen molar-refractivity contribution in [3.8, 4) is 16.9 Å². The molecule has 1 fully saturated rings. The fraction of sp³-hybridized carbons (Fsp3) is 0.214. The Hall–Kier alpha value is -3.61. The third-order valence-corrected chi connectivity index (χ3v) is 6.42. The van der Waals surface area contributed by atoms with E-state index in [9.17, 15) is 4.79 Å². The van der Waals surface area contributed by atoms with E-state index in [-0.39, 0.29) is 12.6 Å². The summed E-state index contributed by atoms with van der Waals surface area (Å²) in [5, 5.41) is 5.18. The number of nitrogens with zero attached hydrogens (tertiary/aromatic N) is 4. The fourth-order valence-electron chi connectivity index (χ4n) is 4.18. The van der Waals surface area contributed by atoms with E-state index in [1.165, 1.54) is 11.1 Å². The average Bonchev–Trinajstić information content (AvgIpc) is 3.39. The number of piperazine rings is 1. The van der Waals surface area contributed by atoms with Gasteiger partial charge in [-0.15, -0.1) is 0 Å². The molecule has 178 valence electrons. The van der Waals surface area contributed by atoms with Gasteiger partial charge in [-0.05, 0) is 47.0 Å². The number of halogens is 1. The normalized spacial score (nSPS) is 14.1. The summed E-state index contributed by atoms with van der Waals surface area (Å²) >= 11 is 5.97. The van der Waals surface area contributed by atoms with Crippen LogP contribution in [0.1, 0.15) is 16.1 Å². The Kier molecular flexibility index (Phi) is 7.12.